The maximum atomic E-state index is 9.72. The van der Waals surface area contributed by atoms with Crippen LogP contribution in [0, 0.1) is 0 Å². The van der Waals surface area contributed by atoms with Crippen molar-refractivity contribution < 1.29 is 4.79 Å². The average Bonchev–Trinajstić information content (AvgIpc) is 1.81. The van der Waals surface area contributed by atoms with Crippen molar-refractivity contribution in [3.05, 3.63) is 12.7 Å². The zero-order chi connectivity index (χ0) is 6.24. The lowest BCUT2D eigenvalue weighted by atomic mass is 10.5. The summed E-state index contributed by atoms with van der Waals surface area (Å²) >= 11 is 1.64. The lowest BCUT2D eigenvalue weighted by molar-refractivity contribution is -0.105. The first kappa shape index (κ1) is 7.76. The van der Waals surface area contributed by atoms with Crippen LogP contribution in [0.2, 0.25) is 0 Å². The molecule has 0 fully saturated rings. The molecule has 0 saturated carbocycles. The third-order valence-electron chi connectivity index (χ3n) is 0.652. The van der Waals surface area contributed by atoms with E-state index in [2.05, 4.69) is 6.58 Å². The Morgan fingerprint density at radius 3 is 2.88 bits per heavy atom. The Balaban J connectivity index is 2.71. The molecule has 8 heavy (non-hydrogen) atoms. The minimum atomic E-state index is 0.619. The van der Waals surface area contributed by atoms with E-state index in [-0.39, 0.29) is 0 Å². The third-order valence-corrected chi connectivity index (χ3v) is 1.55. The maximum Gasteiger partial charge on any atom is 0.129 e. The fraction of sp³-hybridized carbons (Fsp3) is 0.500. The number of carbonyl (C=O) groups is 1. The minimum absolute atomic E-state index is 0.619. The number of rotatable bonds is 5. The molecule has 0 rings (SSSR count). The van der Waals surface area contributed by atoms with E-state index in [0.717, 1.165) is 18.5 Å². The van der Waals surface area contributed by atoms with Crippen molar-refractivity contribution in [1.82, 2.24) is 0 Å². The Labute approximate surface area is 54.2 Å². The molecular formula is C6H10OS. The van der Waals surface area contributed by atoms with Gasteiger partial charge in [0, 0.05) is 5.75 Å². The molecule has 0 radical (unpaired) electrons. The second-order valence-corrected chi connectivity index (χ2v) is 2.47. The summed E-state index contributed by atoms with van der Waals surface area (Å²) in [6, 6.07) is 0. The summed E-state index contributed by atoms with van der Waals surface area (Å²) in [4.78, 5) is 9.72. The van der Waals surface area contributed by atoms with Crippen molar-refractivity contribution in [2.75, 3.05) is 11.5 Å². The molecule has 0 aromatic carbocycles. The molecule has 0 bridgehead atoms. The van der Waals surface area contributed by atoms with Crippen LogP contribution < -0.4 is 0 Å². The molecule has 46 valence electrons. The molecule has 0 aliphatic rings. The lowest BCUT2D eigenvalue weighted by Gasteiger charge is -1.88. The van der Waals surface area contributed by atoms with Crippen LogP contribution in [0.1, 0.15) is 6.42 Å². The van der Waals surface area contributed by atoms with Gasteiger partial charge in [-0.2, -0.15) is 11.8 Å². The summed E-state index contributed by atoms with van der Waals surface area (Å²) in [5, 5.41) is 0. The molecule has 0 atom stereocenters. The summed E-state index contributed by atoms with van der Waals surface area (Å²) in [6.45, 7) is 3.56. The van der Waals surface area contributed by atoms with Crippen LogP contribution in [0.5, 0.6) is 0 Å². The fourth-order valence-electron chi connectivity index (χ4n) is 0.298. The Morgan fingerprint density at radius 2 is 2.38 bits per heavy atom. The molecule has 0 N–H and O–H groups in total. The number of aldehydes is 1. The van der Waals surface area contributed by atoms with Crippen molar-refractivity contribution in [2.24, 2.45) is 0 Å². The number of thioether (sulfide) groups is 1. The monoisotopic (exact) mass is 130 g/mol. The van der Waals surface area contributed by atoms with Crippen molar-refractivity contribution in [2.45, 2.75) is 6.42 Å². The molecule has 0 aromatic heterocycles. The highest BCUT2D eigenvalue weighted by atomic mass is 32.2. The van der Waals surface area contributed by atoms with E-state index in [1.54, 1.807) is 11.8 Å². The van der Waals surface area contributed by atoms with Gasteiger partial charge in [-0.15, -0.1) is 6.58 Å². The predicted octanol–water partition coefficient (Wildman–Crippen LogP) is 1.49. The van der Waals surface area contributed by atoms with Crippen molar-refractivity contribution >= 4 is 18.0 Å². The molecule has 0 aliphatic carbocycles. The highest BCUT2D eigenvalue weighted by Crippen LogP contribution is 1.98. The van der Waals surface area contributed by atoms with E-state index in [4.69, 9.17) is 0 Å². The zero-order valence-corrected chi connectivity index (χ0v) is 5.62. The van der Waals surface area contributed by atoms with Crippen molar-refractivity contribution in [3.8, 4) is 0 Å². The molecule has 1 nitrogen and oxygen atoms in total. The molecule has 0 amide bonds. The summed E-state index contributed by atoms with van der Waals surface area (Å²) in [6.07, 6.45) is 3.78. The Kier molecular flexibility index (Phi) is 6.56. The summed E-state index contributed by atoms with van der Waals surface area (Å²) in [5.74, 6) is 1.64. The van der Waals surface area contributed by atoms with Gasteiger partial charge in [-0.3, -0.25) is 0 Å². The quantitative estimate of drug-likeness (QED) is 0.318. The number of carbonyl (C=O) groups excluding carboxylic acids is 1. The van der Waals surface area contributed by atoms with Crippen LogP contribution in [0.15, 0.2) is 12.7 Å². The highest BCUT2D eigenvalue weighted by Gasteiger charge is 1.81. The Bertz CT molecular complexity index is 60.9. The lowest BCUT2D eigenvalue weighted by Crippen LogP contribution is -1.80. The van der Waals surface area contributed by atoms with Gasteiger partial charge in [-0.25, -0.2) is 0 Å². The largest absolute Gasteiger partial charge is 0.302 e. The van der Waals surface area contributed by atoms with Gasteiger partial charge in [0.05, 0.1) is 0 Å². The van der Waals surface area contributed by atoms with Gasteiger partial charge < -0.3 is 4.79 Å². The number of hydrogen-bond acceptors (Lipinski definition) is 2. The smallest absolute Gasteiger partial charge is 0.129 e. The van der Waals surface area contributed by atoms with Crippen molar-refractivity contribution in [3.63, 3.8) is 0 Å². The Hall–Kier alpha value is -0.240. The molecule has 0 spiro atoms. The topological polar surface area (TPSA) is 17.1 Å². The predicted molar refractivity (Wildman–Crippen MR) is 38.2 cm³/mol. The molecule has 2 heteroatoms. The minimum Gasteiger partial charge on any atom is -0.302 e. The first-order chi connectivity index (χ1) is 3.91. The summed E-state index contributed by atoms with van der Waals surface area (Å²) < 4.78 is 0. The van der Waals surface area contributed by atoms with Crippen LogP contribution in [0.4, 0.5) is 0 Å². The maximum absolute atomic E-state index is 9.72. The van der Waals surface area contributed by atoms with Gasteiger partial charge in [-0.05, 0) is 12.2 Å². The second kappa shape index (κ2) is 6.76. The SMILES string of the molecule is C=CCCSCC=O. The van der Waals surface area contributed by atoms with E-state index < -0.39 is 0 Å². The normalized spacial score (nSPS) is 8.50. The van der Waals surface area contributed by atoms with Gasteiger partial charge in [0.25, 0.3) is 0 Å². The van der Waals surface area contributed by atoms with Gasteiger partial charge >= 0.3 is 0 Å². The standard InChI is InChI=1S/C6H10OS/c1-2-3-5-8-6-4-7/h2,4H,1,3,5-6H2. The Morgan fingerprint density at radius 1 is 1.62 bits per heavy atom. The fourth-order valence-corrected chi connectivity index (χ4v) is 0.894. The molecular weight excluding hydrogens is 120 g/mol. The first-order valence-electron chi connectivity index (χ1n) is 2.54. The van der Waals surface area contributed by atoms with Crippen LogP contribution in [0.3, 0.4) is 0 Å². The third kappa shape index (κ3) is 5.76. The second-order valence-electron chi connectivity index (χ2n) is 1.32. The summed E-state index contributed by atoms with van der Waals surface area (Å²) in [7, 11) is 0. The average molecular weight is 130 g/mol. The summed E-state index contributed by atoms with van der Waals surface area (Å²) in [5.41, 5.74) is 0. The molecule has 0 heterocycles. The van der Waals surface area contributed by atoms with Crippen LogP contribution >= 0.6 is 11.8 Å². The molecule has 0 saturated heterocycles. The highest BCUT2D eigenvalue weighted by molar-refractivity contribution is 7.99. The van der Waals surface area contributed by atoms with Gasteiger partial charge in [-0.1, -0.05) is 6.08 Å². The molecule has 0 aliphatic heterocycles. The van der Waals surface area contributed by atoms with Crippen LogP contribution in [0.25, 0.3) is 0 Å². The van der Waals surface area contributed by atoms with E-state index in [1.165, 1.54) is 0 Å². The van der Waals surface area contributed by atoms with E-state index in [1.807, 2.05) is 6.08 Å². The van der Waals surface area contributed by atoms with Gasteiger partial charge in [0.2, 0.25) is 0 Å². The molecule has 0 unspecified atom stereocenters. The van der Waals surface area contributed by atoms with Gasteiger partial charge in [0.15, 0.2) is 0 Å². The van der Waals surface area contributed by atoms with Crippen molar-refractivity contribution in [1.29, 1.82) is 0 Å². The van der Waals surface area contributed by atoms with Gasteiger partial charge in [0.1, 0.15) is 6.29 Å². The molecule has 0 aromatic rings. The zero-order valence-electron chi connectivity index (χ0n) is 4.80. The van der Waals surface area contributed by atoms with Crippen LogP contribution in [-0.4, -0.2) is 17.8 Å². The van der Waals surface area contributed by atoms with Crippen LogP contribution in [-0.2, 0) is 4.79 Å². The number of hydrogen-bond donors (Lipinski definition) is 0. The van der Waals surface area contributed by atoms with E-state index in [0.29, 0.717) is 5.75 Å². The first-order valence-corrected chi connectivity index (χ1v) is 3.69. The number of allylic oxidation sites excluding steroid dienone is 1. The van der Waals surface area contributed by atoms with E-state index in [9.17, 15) is 4.79 Å². The van der Waals surface area contributed by atoms with E-state index >= 15 is 0 Å².